The van der Waals surface area contributed by atoms with Crippen LogP contribution in [0.2, 0.25) is 0 Å². The summed E-state index contributed by atoms with van der Waals surface area (Å²) in [7, 11) is 4.16. The number of alkyl carbamates (subject to hydrolysis) is 2. The van der Waals surface area contributed by atoms with Crippen LogP contribution < -0.4 is 10.6 Å². The summed E-state index contributed by atoms with van der Waals surface area (Å²) in [5.74, 6) is 2.98. The van der Waals surface area contributed by atoms with E-state index in [9.17, 15) is 19.2 Å². The van der Waals surface area contributed by atoms with Gasteiger partial charge in [-0.05, 0) is 52.0 Å². The number of hydrogen-bond acceptors (Lipinski definition) is 9. The Kier molecular flexibility index (Phi) is 15.3. The summed E-state index contributed by atoms with van der Waals surface area (Å²) in [4.78, 5) is 71.0. The molecule has 0 aliphatic rings. The van der Waals surface area contributed by atoms with Crippen molar-refractivity contribution in [1.29, 1.82) is 0 Å². The summed E-state index contributed by atoms with van der Waals surface area (Å²) < 4.78 is 14.9. The maximum Gasteiger partial charge on any atom is 0.407 e. The van der Waals surface area contributed by atoms with Crippen LogP contribution in [0, 0.1) is 30.1 Å². The van der Waals surface area contributed by atoms with E-state index in [-0.39, 0.29) is 42.7 Å². The highest BCUT2D eigenvalue weighted by atomic mass is 16.5. The lowest BCUT2D eigenvalue weighted by atomic mass is 9.99. The Bertz CT molecular complexity index is 2310. The van der Waals surface area contributed by atoms with Crippen molar-refractivity contribution in [2.75, 3.05) is 41.0 Å². The van der Waals surface area contributed by atoms with Gasteiger partial charge in [0.2, 0.25) is 11.8 Å². The number of amides is 4. The number of nitrogens with zero attached hydrogens (tertiary/aromatic N) is 4. The van der Waals surface area contributed by atoms with Crippen LogP contribution >= 0.6 is 0 Å². The van der Waals surface area contributed by atoms with Crippen LogP contribution in [0.15, 0.2) is 60.8 Å². The van der Waals surface area contributed by atoms with Gasteiger partial charge in [0, 0.05) is 32.0 Å². The predicted octanol–water partition coefficient (Wildman–Crippen LogP) is 6.50. The first kappa shape index (κ1) is 44.7. The average Bonchev–Trinajstić information content (AvgIpc) is 3.89. The summed E-state index contributed by atoms with van der Waals surface area (Å²) in [6.07, 6.45) is 6.27. The van der Waals surface area contributed by atoms with Gasteiger partial charge >= 0.3 is 12.2 Å². The fourth-order valence-electron chi connectivity index (χ4n) is 7.11. The molecule has 2 aromatic heterocycles. The number of aromatic nitrogens is 4. The fraction of sp³-hybridized carbons (Fsp3) is 0.422. The van der Waals surface area contributed by atoms with Crippen molar-refractivity contribution in [2.24, 2.45) is 17.8 Å². The highest BCUT2D eigenvalue weighted by molar-refractivity contribution is 6.05. The Balaban J connectivity index is 1.33. The van der Waals surface area contributed by atoms with E-state index in [4.69, 9.17) is 25.6 Å². The first-order chi connectivity index (χ1) is 28.8. The van der Waals surface area contributed by atoms with E-state index in [0.29, 0.717) is 37.8 Å². The summed E-state index contributed by atoms with van der Waals surface area (Å²) >= 11 is 0. The van der Waals surface area contributed by atoms with Gasteiger partial charge in [-0.1, -0.05) is 77.1 Å². The highest BCUT2D eigenvalue weighted by Gasteiger charge is 2.31. The number of hydrogen-bond donors (Lipinski definition) is 4. The van der Waals surface area contributed by atoms with Gasteiger partial charge in [-0.25, -0.2) is 19.6 Å². The van der Waals surface area contributed by atoms with E-state index >= 15 is 0 Å². The van der Waals surface area contributed by atoms with E-state index in [0.717, 1.165) is 44.2 Å². The van der Waals surface area contributed by atoms with Crippen LogP contribution in [0.25, 0.3) is 44.2 Å². The number of benzene rings is 3. The molecule has 318 valence electrons. The zero-order valence-electron chi connectivity index (χ0n) is 35.6. The molecule has 3 atom stereocenters. The molecule has 60 heavy (non-hydrogen) atoms. The monoisotopic (exact) mass is 820 g/mol. The zero-order chi connectivity index (χ0) is 43.5. The van der Waals surface area contributed by atoms with Gasteiger partial charge < -0.3 is 44.6 Å². The maximum absolute atomic E-state index is 13.9. The van der Waals surface area contributed by atoms with Gasteiger partial charge in [0.25, 0.3) is 0 Å². The second kappa shape index (κ2) is 20.5. The molecule has 4 N–H and O–H groups in total. The lowest BCUT2D eigenvalue weighted by Crippen LogP contribution is -2.52. The van der Waals surface area contributed by atoms with E-state index in [1.165, 1.54) is 14.2 Å². The minimum atomic E-state index is -0.786. The van der Waals surface area contributed by atoms with Gasteiger partial charge in [0.15, 0.2) is 0 Å². The van der Waals surface area contributed by atoms with Crippen LogP contribution in [-0.4, -0.2) is 107 Å². The van der Waals surface area contributed by atoms with Crippen molar-refractivity contribution in [3.8, 4) is 34.7 Å². The molecule has 0 fully saturated rings. The standard InChI is InChI=1S/C45H56N8O7/c1-10-11-20-52(42(54)39(27(2)3)50-44(56)59-8)24-37-46-22-36(48-37)31-14-12-30(13-15-31)32-16-18-34-33(21-32)17-19-35-41(34)49-38(47-35)25-53(23-29(6)26-58-7)43(55)40(28(4)5)51-45(57)60-9/h1,12-19,21-22,27-29,39-40H,11,20,23-26H2,2-9H3,(H,46,48)(H,47,49)(H,50,56)(H,51,57)/t29?,39-,40-/m0/s1. The Morgan fingerprint density at radius 1 is 0.767 bits per heavy atom. The predicted molar refractivity (Wildman–Crippen MR) is 230 cm³/mol. The number of fused-ring (bicyclic) bond motifs is 3. The van der Waals surface area contributed by atoms with Gasteiger partial charge in [0.1, 0.15) is 23.7 Å². The van der Waals surface area contributed by atoms with Crippen LogP contribution in [-0.2, 0) is 36.9 Å². The second-order valence-electron chi connectivity index (χ2n) is 15.6. The molecule has 15 heteroatoms. The smallest absolute Gasteiger partial charge is 0.407 e. The molecule has 4 amide bonds. The van der Waals surface area contributed by atoms with Gasteiger partial charge in [-0.3, -0.25) is 9.59 Å². The minimum absolute atomic E-state index is 0.0409. The van der Waals surface area contributed by atoms with Crippen molar-refractivity contribution in [2.45, 2.75) is 66.2 Å². The third kappa shape index (κ3) is 11.0. The molecular formula is C45H56N8O7. The number of terminal acetylenes is 1. The number of ether oxygens (including phenoxy) is 3. The Morgan fingerprint density at radius 3 is 1.97 bits per heavy atom. The van der Waals surface area contributed by atoms with Gasteiger partial charge in [-0.15, -0.1) is 12.3 Å². The van der Waals surface area contributed by atoms with Gasteiger partial charge in [-0.2, -0.15) is 0 Å². The normalized spacial score (nSPS) is 12.8. The van der Waals surface area contributed by atoms with Crippen molar-refractivity contribution in [3.05, 3.63) is 72.4 Å². The molecule has 15 nitrogen and oxygen atoms in total. The molecule has 3 aromatic carbocycles. The molecule has 0 radical (unpaired) electrons. The van der Waals surface area contributed by atoms with Crippen LogP contribution in [0.4, 0.5) is 9.59 Å². The first-order valence-electron chi connectivity index (χ1n) is 20.0. The lowest BCUT2D eigenvalue weighted by molar-refractivity contribution is -0.136. The third-order valence-electron chi connectivity index (χ3n) is 10.3. The summed E-state index contributed by atoms with van der Waals surface area (Å²) in [6.45, 7) is 11.0. The quantitative estimate of drug-likeness (QED) is 0.0718. The minimum Gasteiger partial charge on any atom is -0.453 e. The Hall–Kier alpha value is -6.40. The zero-order valence-corrected chi connectivity index (χ0v) is 35.6. The molecule has 0 spiro atoms. The molecular weight excluding hydrogens is 765 g/mol. The Morgan fingerprint density at radius 2 is 1.37 bits per heavy atom. The number of H-pyrrole nitrogens is 2. The first-order valence-corrected chi connectivity index (χ1v) is 20.0. The van der Waals surface area contributed by atoms with E-state index in [2.05, 4.69) is 49.7 Å². The van der Waals surface area contributed by atoms with Crippen LogP contribution in [0.3, 0.4) is 0 Å². The number of nitrogens with one attached hydrogen (secondary N) is 4. The number of methoxy groups -OCH3 is 3. The summed E-state index contributed by atoms with van der Waals surface area (Å²) in [5.41, 5.74) is 5.41. The number of imidazole rings is 2. The van der Waals surface area contributed by atoms with Crippen molar-refractivity contribution in [1.82, 2.24) is 40.4 Å². The lowest BCUT2D eigenvalue weighted by Gasteiger charge is -2.30. The van der Waals surface area contributed by atoms with E-state index in [1.54, 1.807) is 23.1 Å². The Labute approximate surface area is 350 Å². The molecule has 0 bridgehead atoms. The largest absolute Gasteiger partial charge is 0.453 e. The molecule has 0 aliphatic carbocycles. The van der Waals surface area contributed by atoms with E-state index < -0.39 is 24.3 Å². The van der Waals surface area contributed by atoms with Crippen molar-refractivity contribution in [3.63, 3.8) is 0 Å². The molecule has 5 aromatic rings. The second-order valence-corrected chi connectivity index (χ2v) is 15.6. The summed E-state index contributed by atoms with van der Waals surface area (Å²) in [5, 5.41) is 7.35. The van der Waals surface area contributed by atoms with Crippen LogP contribution in [0.5, 0.6) is 0 Å². The van der Waals surface area contributed by atoms with Crippen molar-refractivity contribution >= 4 is 45.8 Å². The molecule has 1 unspecified atom stereocenters. The number of aromatic amines is 2. The molecule has 0 saturated heterocycles. The van der Waals surface area contributed by atoms with Crippen LogP contribution in [0.1, 0.15) is 52.7 Å². The van der Waals surface area contributed by atoms with Gasteiger partial charge in [0.05, 0.1) is 56.8 Å². The highest BCUT2D eigenvalue weighted by Crippen LogP contribution is 2.31. The van der Waals surface area contributed by atoms with Crippen molar-refractivity contribution < 1.29 is 33.4 Å². The third-order valence-corrected chi connectivity index (χ3v) is 10.3. The summed E-state index contributed by atoms with van der Waals surface area (Å²) in [6, 6.07) is 16.8. The maximum atomic E-state index is 13.9. The fourth-order valence-corrected chi connectivity index (χ4v) is 7.11. The molecule has 5 rings (SSSR count). The molecule has 0 aliphatic heterocycles. The SMILES string of the molecule is C#CCCN(Cc1ncc(-c2ccc(-c3ccc4c(ccc5nc(CN(CC(C)COC)C(=O)[C@@H](NC(=O)OC)C(C)C)[nH]c54)c3)cc2)[nH]1)C(=O)[C@@H](NC(=O)OC)C(C)C. The number of rotatable bonds is 18. The topological polar surface area (TPSA) is 184 Å². The number of carbonyl (C=O) groups excluding carboxylic acids is 4. The number of carbonyl (C=O) groups is 4. The average molecular weight is 821 g/mol. The molecule has 0 saturated carbocycles. The van der Waals surface area contributed by atoms with E-state index in [1.807, 2.05) is 71.0 Å². The molecule has 2 heterocycles.